The Bertz CT molecular complexity index is 1050. The second-order valence-corrected chi connectivity index (χ2v) is 7.36. The number of hydrogen-bond donors (Lipinski definition) is 2. The third kappa shape index (κ3) is 3.71. The highest BCUT2D eigenvalue weighted by Gasteiger charge is 2.21. The molecule has 146 valence electrons. The van der Waals surface area contributed by atoms with E-state index in [1.54, 1.807) is 11.6 Å². The van der Waals surface area contributed by atoms with Gasteiger partial charge in [-0.2, -0.15) is 0 Å². The Morgan fingerprint density at radius 3 is 2.54 bits per heavy atom. The number of halogens is 1. The number of nitrogens with one attached hydrogen (secondary N) is 2. The molecule has 0 unspecified atom stereocenters. The third-order valence-corrected chi connectivity index (χ3v) is 5.43. The Labute approximate surface area is 167 Å². The van der Waals surface area contributed by atoms with Crippen LogP contribution in [0.2, 0.25) is 5.02 Å². The maximum Gasteiger partial charge on any atom is 0.326 e. The van der Waals surface area contributed by atoms with Crippen molar-refractivity contribution in [1.29, 1.82) is 0 Å². The molecule has 0 saturated carbocycles. The van der Waals surface area contributed by atoms with Crippen molar-refractivity contribution in [2.75, 3.05) is 42.9 Å². The first-order valence-electron chi connectivity index (χ1n) is 9.22. The fourth-order valence-electron chi connectivity index (χ4n) is 3.49. The quantitative estimate of drug-likeness (QED) is 0.706. The van der Waals surface area contributed by atoms with Gasteiger partial charge in [-0.15, -0.1) is 0 Å². The van der Waals surface area contributed by atoms with Gasteiger partial charge in [-0.05, 0) is 42.5 Å². The molecule has 0 bridgehead atoms. The number of anilines is 2. The van der Waals surface area contributed by atoms with Crippen LogP contribution in [0.25, 0.3) is 11.0 Å². The summed E-state index contributed by atoms with van der Waals surface area (Å²) in [6.07, 6.45) is 0. The average Bonchev–Trinajstić information content (AvgIpc) is 3.00. The second-order valence-electron chi connectivity index (χ2n) is 6.92. The van der Waals surface area contributed by atoms with Crippen LogP contribution in [0.4, 0.5) is 11.4 Å². The molecule has 1 aromatic heterocycles. The molecular weight excluding hydrogens is 378 g/mol. The minimum atomic E-state index is -0.151. The van der Waals surface area contributed by atoms with Crippen molar-refractivity contribution in [3.8, 4) is 0 Å². The van der Waals surface area contributed by atoms with Crippen LogP contribution in [0.15, 0.2) is 47.3 Å². The molecule has 0 radical (unpaired) electrons. The number of aromatic amines is 1. The van der Waals surface area contributed by atoms with Gasteiger partial charge < -0.3 is 20.1 Å². The third-order valence-electron chi connectivity index (χ3n) is 5.17. The maximum atomic E-state index is 12.6. The Morgan fingerprint density at radius 1 is 1.11 bits per heavy atom. The standard InChI is InChI=1S/C20H22ClN5O2/c1-24-18-12-15(4-7-17(18)23-20(24)28)22-13-19(27)26-10-8-25(9-11-26)16-5-2-14(21)3-6-16/h2-7,12,22H,8-11,13H2,1H3,(H,23,28). The molecule has 1 aliphatic rings. The Hall–Kier alpha value is -2.93. The molecule has 2 heterocycles. The lowest BCUT2D eigenvalue weighted by Gasteiger charge is -2.36. The fraction of sp³-hybridized carbons (Fsp3) is 0.300. The van der Waals surface area contributed by atoms with Gasteiger partial charge in [0.25, 0.3) is 0 Å². The van der Waals surface area contributed by atoms with E-state index >= 15 is 0 Å². The van der Waals surface area contributed by atoms with Crippen molar-refractivity contribution in [1.82, 2.24) is 14.5 Å². The SMILES string of the molecule is Cn1c(=O)[nH]c2ccc(NCC(=O)N3CCN(c4ccc(Cl)cc4)CC3)cc21. The number of H-pyrrole nitrogens is 1. The van der Waals surface area contributed by atoms with Gasteiger partial charge in [0.05, 0.1) is 17.6 Å². The number of carbonyl (C=O) groups excluding carboxylic acids is 1. The molecular formula is C20H22ClN5O2. The number of aryl methyl sites for hydroxylation is 1. The van der Waals surface area contributed by atoms with Crippen LogP contribution in [-0.4, -0.2) is 53.1 Å². The molecule has 0 spiro atoms. The van der Waals surface area contributed by atoms with Gasteiger partial charge in [-0.25, -0.2) is 4.79 Å². The smallest absolute Gasteiger partial charge is 0.326 e. The van der Waals surface area contributed by atoms with Crippen LogP contribution in [0.1, 0.15) is 0 Å². The van der Waals surface area contributed by atoms with Crippen LogP contribution < -0.4 is 15.9 Å². The van der Waals surface area contributed by atoms with Crippen molar-refractivity contribution in [2.24, 2.45) is 7.05 Å². The predicted molar refractivity (Wildman–Crippen MR) is 112 cm³/mol. The lowest BCUT2D eigenvalue weighted by atomic mass is 10.2. The second kappa shape index (κ2) is 7.59. The zero-order valence-corrected chi connectivity index (χ0v) is 16.4. The fourth-order valence-corrected chi connectivity index (χ4v) is 3.61. The number of nitrogens with zero attached hydrogens (tertiary/aromatic N) is 3. The molecule has 1 saturated heterocycles. The molecule has 3 aromatic rings. The topological polar surface area (TPSA) is 73.4 Å². The van der Waals surface area contributed by atoms with Crippen LogP contribution >= 0.6 is 11.6 Å². The van der Waals surface area contributed by atoms with Crippen molar-refractivity contribution >= 4 is 39.9 Å². The van der Waals surface area contributed by atoms with Gasteiger partial charge in [0.1, 0.15) is 0 Å². The highest BCUT2D eigenvalue weighted by atomic mass is 35.5. The number of aromatic nitrogens is 2. The van der Waals surface area contributed by atoms with Crippen molar-refractivity contribution in [3.63, 3.8) is 0 Å². The van der Waals surface area contributed by atoms with Gasteiger partial charge in [-0.1, -0.05) is 11.6 Å². The molecule has 1 aliphatic heterocycles. The van der Waals surface area contributed by atoms with Gasteiger partial charge in [-0.3, -0.25) is 9.36 Å². The van der Waals surface area contributed by atoms with E-state index in [1.165, 1.54) is 0 Å². The highest BCUT2D eigenvalue weighted by molar-refractivity contribution is 6.30. The van der Waals surface area contributed by atoms with Crippen molar-refractivity contribution < 1.29 is 4.79 Å². The molecule has 8 heteroatoms. The first-order valence-corrected chi connectivity index (χ1v) is 9.60. The molecule has 1 amide bonds. The van der Waals surface area contributed by atoms with Gasteiger partial charge in [0, 0.05) is 49.6 Å². The van der Waals surface area contributed by atoms with Crippen LogP contribution in [-0.2, 0) is 11.8 Å². The summed E-state index contributed by atoms with van der Waals surface area (Å²) in [6.45, 7) is 3.20. The molecule has 4 rings (SSSR count). The van der Waals surface area contributed by atoms with E-state index in [4.69, 9.17) is 11.6 Å². The molecule has 2 N–H and O–H groups in total. The Kier molecular flexibility index (Phi) is 5.00. The summed E-state index contributed by atoms with van der Waals surface area (Å²) in [5.41, 5.74) is 3.37. The molecule has 0 aliphatic carbocycles. The first-order chi connectivity index (χ1) is 13.5. The minimum absolute atomic E-state index is 0.0683. The van der Waals surface area contributed by atoms with Crippen molar-refractivity contribution in [3.05, 3.63) is 58.0 Å². The number of hydrogen-bond acceptors (Lipinski definition) is 4. The monoisotopic (exact) mass is 399 g/mol. The van der Waals surface area contributed by atoms with Crippen LogP contribution in [0, 0.1) is 0 Å². The van der Waals surface area contributed by atoms with E-state index in [0.29, 0.717) is 13.1 Å². The molecule has 7 nitrogen and oxygen atoms in total. The molecule has 1 fully saturated rings. The summed E-state index contributed by atoms with van der Waals surface area (Å²) < 4.78 is 1.55. The summed E-state index contributed by atoms with van der Waals surface area (Å²) in [7, 11) is 1.72. The summed E-state index contributed by atoms with van der Waals surface area (Å²) in [5.74, 6) is 0.0683. The van der Waals surface area contributed by atoms with Crippen LogP contribution in [0.3, 0.4) is 0 Å². The van der Waals surface area contributed by atoms with E-state index in [0.717, 1.165) is 40.5 Å². The highest BCUT2D eigenvalue weighted by Crippen LogP contribution is 2.20. The van der Waals surface area contributed by atoms with E-state index in [-0.39, 0.29) is 18.1 Å². The van der Waals surface area contributed by atoms with E-state index < -0.39 is 0 Å². The normalized spacial score (nSPS) is 14.5. The summed E-state index contributed by atoms with van der Waals surface area (Å²) >= 11 is 5.95. The van der Waals surface area contributed by atoms with Crippen molar-refractivity contribution in [2.45, 2.75) is 0 Å². The number of amides is 1. The number of carbonyl (C=O) groups is 1. The van der Waals surface area contributed by atoms with E-state index in [2.05, 4.69) is 15.2 Å². The zero-order chi connectivity index (χ0) is 19.7. The summed E-state index contributed by atoms with van der Waals surface area (Å²) in [4.78, 5) is 31.2. The number of piperazine rings is 1. The largest absolute Gasteiger partial charge is 0.376 e. The summed E-state index contributed by atoms with van der Waals surface area (Å²) in [6, 6.07) is 13.4. The van der Waals surface area contributed by atoms with E-state index in [1.807, 2.05) is 47.4 Å². The average molecular weight is 400 g/mol. The van der Waals surface area contributed by atoms with E-state index in [9.17, 15) is 9.59 Å². The summed E-state index contributed by atoms with van der Waals surface area (Å²) in [5, 5.41) is 3.89. The maximum absolute atomic E-state index is 12.6. The lowest BCUT2D eigenvalue weighted by molar-refractivity contribution is -0.129. The number of imidazole rings is 1. The Morgan fingerprint density at radius 2 is 1.82 bits per heavy atom. The number of benzene rings is 2. The zero-order valence-electron chi connectivity index (χ0n) is 15.6. The first kappa shape index (κ1) is 18.4. The Balaban J connectivity index is 1.33. The van der Waals surface area contributed by atoms with Gasteiger partial charge in [0.2, 0.25) is 5.91 Å². The molecule has 2 aromatic carbocycles. The predicted octanol–water partition coefficient (Wildman–Crippen LogP) is 2.28. The number of fused-ring (bicyclic) bond motifs is 1. The molecule has 0 atom stereocenters. The minimum Gasteiger partial charge on any atom is -0.376 e. The number of rotatable bonds is 4. The molecule has 28 heavy (non-hydrogen) atoms. The van der Waals surface area contributed by atoms with Gasteiger partial charge in [0.15, 0.2) is 0 Å². The lowest BCUT2D eigenvalue weighted by Crippen LogP contribution is -2.50. The van der Waals surface area contributed by atoms with Gasteiger partial charge >= 0.3 is 5.69 Å². The van der Waals surface area contributed by atoms with Crippen LogP contribution in [0.5, 0.6) is 0 Å².